The van der Waals surface area contributed by atoms with Crippen LogP contribution in [-0.2, 0) is 4.84 Å². The zero-order valence-corrected chi connectivity index (χ0v) is 8.20. The van der Waals surface area contributed by atoms with Crippen molar-refractivity contribution in [3.05, 3.63) is 29.3 Å². The number of hydrogen-bond donors (Lipinski definition) is 1. The fraction of sp³-hybridized carbons (Fsp3) is 0.400. The Morgan fingerprint density at radius 3 is 2.54 bits per heavy atom. The molecule has 0 aliphatic rings. The Morgan fingerprint density at radius 2 is 2.08 bits per heavy atom. The van der Waals surface area contributed by atoms with Gasteiger partial charge in [-0.3, -0.25) is 4.84 Å². The van der Waals surface area contributed by atoms with Gasteiger partial charge in [0, 0.05) is 0 Å². The first kappa shape index (κ1) is 10.0. The molecule has 0 aliphatic heterocycles. The van der Waals surface area contributed by atoms with Gasteiger partial charge in [0.15, 0.2) is 0 Å². The van der Waals surface area contributed by atoms with E-state index in [1.54, 1.807) is 7.11 Å². The van der Waals surface area contributed by atoms with Gasteiger partial charge in [0.1, 0.15) is 11.9 Å². The van der Waals surface area contributed by atoms with Crippen molar-refractivity contribution in [3.8, 4) is 5.75 Å². The number of ether oxygens (including phenoxy) is 1. The Balaban J connectivity index is 2.95. The number of benzene rings is 1. The van der Waals surface area contributed by atoms with Crippen molar-refractivity contribution in [2.24, 2.45) is 5.90 Å². The van der Waals surface area contributed by atoms with Crippen LogP contribution in [0.3, 0.4) is 0 Å². The maximum Gasteiger partial charge on any atom is 0.121 e. The van der Waals surface area contributed by atoms with E-state index in [2.05, 4.69) is 0 Å². The van der Waals surface area contributed by atoms with E-state index in [4.69, 9.17) is 15.5 Å². The van der Waals surface area contributed by atoms with Gasteiger partial charge < -0.3 is 4.74 Å². The van der Waals surface area contributed by atoms with E-state index in [0.717, 1.165) is 16.9 Å². The van der Waals surface area contributed by atoms with Gasteiger partial charge in [-0.2, -0.15) is 0 Å². The maximum atomic E-state index is 5.14. The predicted molar refractivity (Wildman–Crippen MR) is 51.4 cm³/mol. The van der Waals surface area contributed by atoms with Gasteiger partial charge in [-0.25, -0.2) is 5.90 Å². The largest absolute Gasteiger partial charge is 0.496 e. The standard InChI is InChI=1S/C10H15NO2/c1-7-6-9(8(2)13-11)4-5-10(7)12-3/h4-6,8H,11H2,1-3H3. The second-order valence-electron chi connectivity index (χ2n) is 3.01. The zero-order chi connectivity index (χ0) is 9.84. The summed E-state index contributed by atoms with van der Waals surface area (Å²) in [4.78, 5) is 4.72. The van der Waals surface area contributed by atoms with Gasteiger partial charge in [-0.05, 0) is 37.1 Å². The molecule has 1 unspecified atom stereocenters. The van der Waals surface area contributed by atoms with Crippen LogP contribution in [0.1, 0.15) is 24.2 Å². The molecular formula is C10H15NO2. The SMILES string of the molecule is COc1ccc(C(C)ON)cc1C. The van der Waals surface area contributed by atoms with Crippen molar-refractivity contribution in [1.82, 2.24) is 0 Å². The van der Waals surface area contributed by atoms with Crippen molar-refractivity contribution < 1.29 is 9.57 Å². The number of rotatable bonds is 3. The molecular weight excluding hydrogens is 166 g/mol. The third-order valence-corrected chi connectivity index (χ3v) is 2.09. The lowest BCUT2D eigenvalue weighted by Crippen LogP contribution is -2.05. The fourth-order valence-electron chi connectivity index (χ4n) is 1.23. The Labute approximate surface area is 78.4 Å². The number of hydrogen-bond acceptors (Lipinski definition) is 3. The molecule has 0 fully saturated rings. The molecule has 1 aromatic carbocycles. The molecule has 0 spiro atoms. The van der Waals surface area contributed by atoms with Crippen LogP contribution in [0.25, 0.3) is 0 Å². The van der Waals surface area contributed by atoms with Crippen LogP contribution in [-0.4, -0.2) is 7.11 Å². The topological polar surface area (TPSA) is 44.5 Å². The van der Waals surface area contributed by atoms with Gasteiger partial charge >= 0.3 is 0 Å². The molecule has 0 saturated carbocycles. The van der Waals surface area contributed by atoms with Gasteiger partial charge in [0.05, 0.1) is 7.11 Å². The van der Waals surface area contributed by atoms with Crippen molar-refractivity contribution in [2.75, 3.05) is 7.11 Å². The summed E-state index contributed by atoms with van der Waals surface area (Å²) in [5.41, 5.74) is 2.14. The van der Waals surface area contributed by atoms with Crippen molar-refractivity contribution >= 4 is 0 Å². The van der Waals surface area contributed by atoms with Crippen LogP contribution >= 0.6 is 0 Å². The lowest BCUT2D eigenvalue weighted by Gasteiger charge is -2.11. The third kappa shape index (κ3) is 2.20. The van der Waals surface area contributed by atoms with Crippen LogP contribution in [0.15, 0.2) is 18.2 Å². The number of nitrogens with two attached hydrogens (primary N) is 1. The molecule has 13 heavy (non-hydrogen) atoms. The number of methoxy groups -OCH3 is 1. The van der Waals surface area contributed by atoms with Gasteiger partial charge in [0.2, 0.25) is 0 Å². The van der Waals surface area contributed by atoms with E-state index in [1.165, 1.54) is 0 Å². The number of aryl methyl sites for hydroxylation is 1. The average molecular weight is 181 g/mol. The minimum atomic E-state index is -0.0791. The monoisotopic (exact) mass is 181 g/mol. The fourth-order valence-corrected chi connectivity index (χ4v) is 1.23. The Bertz CT molecular complexity index is 286. The van der Waals surface area contributed by atoms with Crippen molar-refractivity contribution in [3.63, 3.8) is 0 Å². The van der Waals surface area contributed by atoms with Crippen molar-refractivity contribution in [2.45, 2.75) is 20.0 Å². The molecule has 0 aromatic heterocycles. The summed E-state index contributed by atoms with van der Waals surface area (Å²) >= 11 is 0. The summed E-state index contributed by atoms with van der Waals surface area (Å²) in [5.74, 6) is 5.98. The molecule has 0 radical (unpaired) electrons. The van der Waals surface area contributed by atoms with E-state index in [9.17, 15) is 0 Å². The first-order valence-corrected chi connectivity index (χ1v) is 4.19. The average Bonchev–Trinajstić information content (AvgIpc) is 2.16. The highest BCUT2D eigenvalue weighted by Crippen LogP contribution is 2.23. The molecule has 1 rings (SSSR count). The minimum absolute atomic E-state index is 0.0791. The molecule has 2 N–H and O–H groups in total. The lowest BCUT2D eigenvalue weighted by molar-refractivity contribution is 0.0663. The summed E-state index contributed by atoms with van der Waals surface area (Å²) in [5, 5.41) is 0. The van der Waals surface area contributed by atoms with Gasteiger partial charge in [0.25, 0.3) is 0 Å². The highest BCUT2D eigenvalue weighted by molar-refractivity contribution is 5.36. The lowest BCUT2D eigenvalue weighted by atomic mass is 10.1. The zero-order valence-electron chi connectivity index (χ0n) is 8.20. The first-order valence-electron chi connectivity index (χ1n) is 4.19. The maximum absolute atomic E-state index is 5.14. The van der Waals surface area contributed by atoms with Crippen LogP contribution in [0.4, 0.5) is 0 Å². The molecule has 3 nitrogen and oxygen atoms in total. The van der Waals surface area contributed by atoms with E-state index in [-0.39, 0.29) is 6.10 Å². The molecule has 0 aliphatic carbocycles. The molecule has 3 heteroatoms. The summed E-state index contributed by atoms with van der Waals surface area (Å²) < 4.78 is 5.14. The second-order valence-corrected chi connectivity index (χ2v) is 3.01. The Hall–Kier alpha value is -1.06. The Morgan fingerprint density at radius 1 is 1.38 bits per heavy atom. The smallest absolute Gasteiger partial charge is 0.121 e. The predicted octanol–water partition coefficient (Wildman–Crippen LogP) is 1.95. The molecule has 1 atom stereocenters. The normalized spacial score (nSPS) is 12.6. The van der Waals surface area contributed by atoms with E-state index in [1.807, 2.05) is 32.0 Å². The highest BCUT2D eigenvalue weighted by atomic mass is 16.6. The van der Waals surface area contributed by atoms with Crippen LogP contribution in [0, 0.1) is 6.92 Å². The molecule has 0 amide bonds. The van der Waals surface area contributed by atoms with E-state index >= 15 is 0 Å². The molecule has 0 saturated heterocycles. The first-order chi connectivity index (χ1) is 6.19. The van der Waals surface area contributed by atoms with Gasteiger partial charge in [-0.15, -0.1) is 0 Å². The quantitative estimate of drug-likeness (QED) is 0.725. The van der Waals surface area contributed by atoms with E-state index < -0.39 is 0 Å². The van der Waals surface area contributed by atoms with Crippen molar-refractivity contribution in [1.29, 1.82) is 0 Å². The van der Waals surface area contributed by atoms with Crippen LogP contribution < -0.4 is 10.6 Å². The third-order valence-electron chi connectivity index (χ3n) is 2.09. The second kappa shape index (κ2) is 4.25. The Kier molecular flexibility index (Phi) is 3.28. The van der Waals surface area contributed by atoms with Gasteiger partial charge in [-0.1, -0.05) is 6.07 Å². The highest BCUT2D eigenvalue weighted by Gasteiger charge is 2.06. The summed E-state index contributed by atoms with van der Waals surface area (Å²) in [7, 11) is 1.66. The molecule has 0 heterocycles. The molecule has 1 aromatic rings. The summed E-state index contributed by atoms with van der Waals surface area (Å²) in [6.45, 7) is 3.90. The summed E-state index contributed by atoms with van der Waals surface area (Å²) in [6, 6.07) is 5.87. The molecule has 72 valence electrons. The van der Waals surface area contributed by atoms with Crippen LogP contribution in [0.2, 0.25) is 0 Å². The summed E-state index contributed by atoms with van der Waals surface area (Å²) in [6.07, 6.45) is -0.0791. The van der Waals surface area contributed by atoms with Crippen LogP contribution in [0.5, 0.6) is 5.75 Å². The van der Waals surface area contributed by atoms with E-state index in [0.29, 0.717) is 0 Å². The molecule has 0 bridgehead atoms. The minimum Gasteiger partial charge on any atom is -0.496 e.